The van der Waals surface area contributed by atoms with Crippen molar-refractivity contribution in [3.8, 4) is 0 Å². The van der Waals surface area contributed by atoms with Gasteiger partial charge in [-0.1, -0.05) is 0 Å². The number of hydrogen-bond donors (Lipinski definition) is 0. The third-order valence-electron chi connectivity index (χ3n) is 4.52. The molecule has 7 heteroatoms. The minimum atomic E-state index is -0.343. The summed E-state index contributed by atoms with van der Waals surface area (Å²) >= 11 is 0. The highest BCUT2D eigenvalue weighted by molar-refractivity contribution is 6.04. The number of nitrogens with zero attached hydrogens (tertiary/aromatic N) is 4. The molecule has 24 heavy (non-hydrogen) atoms. The largest absolute Gasteiger partial charge is 0.462 e. The molecule has 3 heterocycles. The second-order valence-corrected chi connectivity index (χ2v) is 5.89. The molecular weight excluding hydrogens is 308 g/mol. The molecule has 130 valence electrons. The average molecular weight is 332 g/mol. The molecule has 0 bridgehead atoms. The lowest BCUT2D eigenvalue weighted by molar-refractivity contribution is 0.0526. The number of carbonyl (C=O) groups excluding carboxylic acids is 1. The Hall–Kier alpha value is -2.15. The zero-order chi connectivity index (χ0) is 17.1. The number of hydrogen-bond acceptors (Lipinski definition) is 6. The van der Waals surface area contributed by atoms with E-state index in [1.54, 1.807) is 19.3 Å². The summed E-state index contributed by atoms with van der Waals surface area (Å²) in [5.41, 5.74) is 2.14. The Morgan fingerprint density at radius 2 is 2.12 bits per heavy atom. The maximum atomic E-state index is 12.4. The van der Waals surface area contributed by atoms with Gasteiger partial charge in [0.1, 0.15) is 5.56 Å². The second kappa shape index (κ2) is 7.17. The zero-order valence-electron chi connectivity index (χ0n) is 14.5. The van der Waals surface area contributed by atoms with Crippen molar-refractivity contribution >= 4 is 22.7 Å². The van der Waals surface area contributed by atoms with Gasteiger partial charge in [0.15, 0.2) is 5.65 Å². The SMILES string of the molecule is CCOC(=O)c1cnc2c(cnn2CC)c1N(C)C1CCOCC1. The number of esters is 1. The van der Waals surface area contributed by atoms with Crippen molar-refractivity contribution in [1.82, 2.24) is 14.8 Å². The van der Waals surface area contributed by atoms with E-state index < -0.39 is 0 Å². The van der Waals surface area contributed by atoms with Crippen molar-refractivity contribution in [1.29, 1.82) is 0 Å². The molecule has 0 unspecified atom stereocenters. The molecule has 1 aliphatic heterocycles. The number of carbonyl (C=O) groups is 1. The van der Waals surface area contributed by atoms with Gasteiger partial charge in [0.2, 0.25) is 0 Å². The van der Waals surface area contributed by atoms with E-state index in [-0.39, 0.29) is 5.97 Å². The highest BCUT2D eigenvalue weighted by Crippen LogP contribution is 2.32. The number of aromatic nitrogens is 3. The summed E-state index contributed by atoms with van der Waals surface area (Å²) < 4.78 is 12.5. The summed E-state index contributed by atoms with van der Waals surface area (Å²) in [7, 11) is 2.02. The van der Waals surface area contributed by atoms with Crippen LogP contribution in [0.15, 0.2) is 12.4 Å². The van der Waals surface area contributed by atoms with Gasteiger partial charge >= 0.3 is 5.97 Å². The van der Waals surface area contributed by atoms with Crippen molar-refractivity contribution in [2.24, 2.45) is 0 Å². The van der Waals surface area contributed by atoms with E-state index in [0.717, 1.165) is 49.3 Å². The van der Waals surface area contributed by atoms with Gasteiger partial charge in [-0.05, 0) is 26.7 Å². The summed E-state index contributed by atoms with van der Waals surface area (Å²) in [6.45, 7) is 6.38. The summed E-state index contributed by atoms with van der Waals surface area (Å²) in [5.74, 6) is -0.343. The highest BCUT2D eigenvalue weighted by atomic mass is 16.5. The van der Waals surface area contributed by atoms with Crippen LogP contribution in [-0.2, 0) is 16.0 Å². The quantitative estimate of drug-likeness (QED) is 0.782. The maximum absolute atomic E-state index is 12.4. The van der Waals surface area contributed by atoms with Crippen LogP contribution < -0.4 is 4.90 Å². The van der Waals surface area contributed by atoms with Crippen LogP contribution in [0.3, 0.4) is 0 Å². The van der Waals surface area contributed by atoms with Crippen molar-refractivity contribution in [3.05, 3.63) is 18.0 Å². The molecule has 0 amide bonds. The van der Waals surface area contributed by atoms with E-state index in [2.05, 4.69) is 15.0 Å². The third-order valence-corrected chi connectivity index (χ3v) is 4.52. The lowest BCUT2D eigenvalue weighted by Gasteiger charge is -2.34. The molecule has 2 aromatic rings. The molecule has 3 rings (SSSR count). The number of fused-ring (bicyclic) bond motifs is 1. The van der Waals surface area contributed by atoms with Gasteiger partial charge in [-0.3, -0.25) is 0 Å². The fraction of sp³-hybridized carbons (Fsp3) is 0.588. The second-order valence-electron chi connectivity index (χ2n) is 5.89. The summed E-state index contributed by atoms with van der Waals surface area (Å²) in [5, 5.41) is 5.28. The Bertz CT molecular complexity index is 722. The lowest BCUT2D eigenvalue weighted by atomic mass is 10.0. The van der Waals surface area contributed by atoms with Crippen LogP contribution in [0.4, 0.5) is 5.69 Å². The van der Waals surface area contributed by atoms with Crippen molar-refractivity contribution in [3.63, 3.8) is 0 Å². The van der Waals surface area contributed by atoms with Crippen molar-refractivity contribution < 1.29 is 14.3 Å². The number of anilines is 1. The first-order chi connectivity index (χ1) is 11.7. The van der Waals surface area contributed by atoms with E-state index in [4.69, 9.17) is 9.47 Å². The van der Waals surface area contributed by atoms with Gasteiger partial charge in [-0.25, -0.2) is 14.5 Å². The van der Waals surface area contributed by atoms with E-state index in [1.807, 2.05) is 18.7 Å². The predicted molar refractivity (Wildman–Crippen MR) is 91.4 cm³/mol. The Kier molecular flexibility index (Phi) is 4.99. The summed E-state index contributed by atoms with van der Waals surface area (Å²) in [6.07, 6.45) is 5.27. The number of rotatable bonds is 5. The first kappa shape index (κ1) is 16.7. The molecule has 0 aromatic carbocycles. The monoisotopic (exact) mass is 332 g/mol. The van der Waals surface area contributed by atoms with E-state index >= 15 is 0 Å². The van der Waals surface area contributed by atoms with Crippen LogP contribution >= 0.6 is 0 Å². The van der Waals surface area contributed by atoms with Gasteiger partial charge in [0.05, 0.1) is 23.9 Å². The smallest absolute Gasteiger partial charge is 0.341 e. The predicted octanol–water partition coefficient (Wildman–Crippen LogP) is 2.24. The zero-order valence-corrected chi connectivity index (χ0v) is 14.5. The highest BCUT2D eigenvalue weighted by Gasteiger charge is 2.26. The molecule has 1 fully saturated rings. The first-order valence-corrected chi connectivity index (χ1v) is 8.49. The van der Waals surface area contributed by atoms with Gasteiger partial charge in [0.25, 0.3) is 0 Å². The molecule has 0 N–H and O–H groups in total. The van der Waals surface area contributed by atoms with Crippen LogP contribution in [0.1, 0.15) is 37.0 Å². The van der Waals surface area contributed by atoms with Crippen LogP contribution in [0, 0.1) is 0 Å². The molecule has 2 aromatic heterocycles. The summed E-state index contributed by atoms with van der Waals surface area (Å²) in [4.78, 5) is 19.1. The Balaban J connectivity index is 2.10. The fourth-order valence-corrected chi connectivity index (χ4v) is 3.24. The molecular formula is C17H24N4O3. The van der Waals surface area contributed by atoms with Crippen LogP contribution in [-0.4, -0.2) is 53.6 Å². The Morgan fingerprint density at radius 3 is 2.79 bits per heavy atom. The number of aryl methyl sites for hydroxylation is 1. The fourth-order valence-electron chi connectivity index (χ4n) is 3.24. The third kappa shape index (κ3) is 2.96. The lowest BCUT2D eigenvalue weighted by Crippen LogP contribution is -2.37. The normalized spacial score (nSPS) is 15.6. The van der Waals surface area contributed by atoms with E-state index in [9.17, 15) is 4.79 Å². The molecule has 0 atom stereocenters. The summed E-state index contributed by atoms with van der Waals surface area (Å²) in [6, 6.07) is 0.322. The molecule has 1 aliphatic rings. The standard InChI is InChI=1S/C17H24N4O3/c1-4-21-16-13(11-19-21)15(14(10-18-16)17(22)24-5-2)20(3)12-6-8-23-9-7-12/h10-12H,4-9H2,1-3H3. The molecule has 7 nitrogen and oxygen atoms in total. The van der Waals surface area contributed by atoms with Crippen LogP contribution in [0.25, 0.3) is 11.0 Å². The Morgan fingerprint density at radius 1 is 1.38 bits per heavy atom. The van der Waals surface area contributed by atoms with Gasteiger partial charge in [-0.2, -0.15) is 5.10 Å². The maximum Gasteiger partial charge on any atom is 0.341 e. The number of pyridine rings is 1. The minimum absolute atomic E-state index is 0.322. The molecule has 0 radical (unpaired) electrons. The van der Waals surface area contributed by atoms with Crippen molar-refractivity contribution in [2.45, 2.75) is 39.3 Å². The van der Waals surface area contributed by atoms with Gasteiger partial charge < -0.3 is 14.4 Å². The average Bonchev–Trinajstić information content (AvgIpc) is 3.04. The van der Waals surface area contributed by atoms with Crippen LogP contribution in [0.5, 0.6) is 0 Å². The first-order valence-electron chi connectivity index (χ1n) is 8.49. The number of ether oxygens (including phenoxy) is 2. The van der Waals surface area contributed by atoms with Gasteiger partial charge in [-0.15, -0.1) is 0 Å². The van der Waals surface area contributed by atoms with Crippen LogP contribution in [0.2, 0.25) is 0 Å². The van der Waals surface area contributed by atoms with Gasteiger partial charge in [0, 0.05) is 39.0 Å². The van der Waals surface area contributed by atoms with E-state index in [1.165, 1.54) is 0 Å². The minimum Gasteiger partial charge on any atom is -0.462 e. The molecule has 0 saturated carbocycles. The van der Waals surface area contributed by atoms with E-state index in [0.29, 0.717) is 18.2 Å². The van der Waals surface area contributed by atoms with Crippen molar-refractivity contribution in [2.75, 3.05) is 31.8 Å². The topological polar surface area (TPSA) is 69.5 Å². The Labute approximate surface area is 141 Å². The molecule has 1 saturated heterocycles. The molecule has 0 aliphatic carbocycles. The molecule has 0 spiro atoms.